The Morgan fingerprint density at radius 3 is 2.71 bits per heavy atom. The molecule has 0 atom stereocenters. The highest BCUT2D eigenvalue weighted by Crippen LogP contribution is 2.26. The van der Waals surface area contributed by atoms with Crippen LogP contribution in [0.4, 0.5) is 4.39 Å². The molecule has 0 saturated carbocycles. The summed E-state index contributed by atoms with van der Waals surface area (Å²) in [6.45, 7) is 3.59. The number of hydrogen-bond donors (Lipinski definition) is 0. The summed E-state index contributed by atoms with van der Waals surface area (Å²) in [5, 5.41) is 8.89. The van der Waals surface area contributed by atoms with Gasteiger partial charge in [0.15, 0.2) is 0 Å². The summed E-state index contributed by atoms with van der Waals surface area (Å²) in [6.07, 6.45) is 1.43. The number of halogens is 2. The van der Waals surface area contributed by atoms with E-state index < -0.39 is 15.8 Å². The van der Waals surface area contributed by atoms with Gasteiger partial charge in [0.25, 0.3) is 0 Å². The molecule has 0 N–H and O–H groups in total. The van der Waals surface area contributed by atoms with E-state index in [4.69, 9.17) is 16.9 Å². The van der Waals surface area contributed by atoms with Crippen LogP contribution in [-0.4, -0.2) is 19.3 Å². The van der Waals surface area contributed by atoms with Crippen molar-refractivity contribution in [3.63, 3.8) is 0 Å². The minimum Gasteiger partial charge on any atom is -0.207 e. The lowest BCUT2D eigenvalue weighted by molar-refractivity contribution is 0.438. The molecule has 7 heteroatoms. The molecule has 4 nitrogen and oxygen atoms in total. The fourth-order valence-corrected chi connectivity index (χ4v) is 4.03. The maximum atomic E-state index is 13.5. The molecule has 0 spiro atoms. The second kappa shape index (κ2) is 7.58. The maximum absolute atomic E-state index is 13.5. The topological polar surface area (TPSA) is 61.2 Å². The summed E-state index contributed by atoms with van der Waals surface area (Å²) in [6, 6.07) is 11.8. The molecule has 0 heterocycles. The van der Waals surface area contributed by atoms with Crippen molar-refractivity contribution in [2.75, 3.05) is 6.54 Å². The Morgan fingerprint density at radius 1 is 1.29 bits per heavy atom. The highest BCUT2D eigenvalue weighted by molar-refractivity contribution is 7.89. The van der Waals surface area contributed by atoms with Crippen molar-refractivity contribution in [2.24, 2.45) is 0 Å². The van der Waals surface area contributed by atoms with E-state index in [1.807, 2.05) is 6.07 Å². The van der Waals surface area contributed by atoms with Crippen LogP contribution in [0.2, 0.25) is 5.02 Å². The lowest BCUT2D eigenvalue weighted by Crippen LogP contribution is -2.31. The first kappa shape index (κ1) is 18.1. The molecule has 0 amide bonds. The minimum atomic E-state index is -4.03. The van der Waals surface area contributed by atoms with Crippen LogP contribution in [-0.2, 0) is 16.6 Å². The number of sulfonamides is 1. The molecular weight excluding hydrogens is 351 g/mol. The largest absolute Gasteiger partial charge is 0.245 e. The average molecular weight is 365 g/mol. The van der Waals surface area contributed by atoms with E-state index >= 15 is 0 Å². The molecule has 24 heavy (non-hydrogen) atoms. The Kier molecular flexibility index (Phi) is 5.73. The van der Waals surface area contributed by atoms with Crippen LogP contribution in [0.3, 0.4) is 0 Å². The number of rotatable bonds is 6. The second-order valence-electron chi connectivity index (χ2n) is 4.97. The van der Waals surface area contributed by atoms with E-state index in [9.17, 15) is 12.8 Å². The van der Waals surface area contributed by atoms with Gasteiger partial charge in [-0.05, 0) is 35.9 Å². The van der Waals surface area contributed by atoms with Crippen LogP contribution in [0.15, 0.2) is 60.0 Å². The molecule has 0 aliphatic heterocycles. The van der Waals surface area contributed by atoms with Crippen LogP contribution in [0, 0.1) is 17.1 Å². The van der Waals surface area contributed by atoms with Crippen LogP contribution < -0.4 is 0 Å². The molecule has 0 aliphatic rings. The van der Waals surface area contributed by atoms with Crippen LogP contribution >= 0.6 is 11.6 Å². The average Bonchev–Trinajstić information content (AvgIpc) is 2.56. The van der Waals surface area contributed by atoms with Crippen molar-refractivity contribution >= 4 is 21.6 Å². The molecule has 2 rings (SSSR count). The van der Waals surface area contributed by atoms with Crippen LogP contribution in [0.1, 0.15) is 11.1 Å². The van der Waals surface area contributed by atoms with E-state index in [0.29, 0.717) is 11.1 Å². The Bertz CT molecular complexity index is 907. The number of nitriles is 1. The standard InChI is InChI=1S/C17H14ClFN2O2S/c1-2-8-21(12-14-5-3-4-13(9-14)11-20)24(22,23)17-10-15(19)6-7-16(17)18/h2-7,9-10H,1,8,12H2. The normalized spacial score (nSPS) is 11.2. The third-order valence-corrected chi connectivity index (χ3v) is 5.55. The van der Waals surface area contributed by atoms with Gasteiger partial charge in [-0.25, -0.2) is 12.8 Å². The number of benzene rings is 2. The molecule has 0 radical (unpaired) electrons. The van der Waals surface area contributed by atoms with Gasteiger partial charge in [0.1, 0.15) is 10.7 Å². The predicted octanol–water partition coefficient (Wildman–Crippen LogP) is 3.73. The summed E-state index contributed by atoms with van der Waals surface area (Å²) >= 11 is 5.93. The Morgan fingerprint density at radius 2 is 2.04 bits per heavy atom. The summed E-state index contributed by atoms with van der Waals surface area (Å²) in [5.74, 6) is -0.692. The lowest BCUT2D eigenvalue weighted by Gasteiger charge is -2.21. The zero-order chi connectivity index (χ0) is 17.7. The molecule has 2 aromatic carbocycles. The first-order chi connectivity index (χ1) is 11.4. The Balaban J connectivity index is 2.43. The van der Waals surface area contributed by atoms with E-state index in [0.717, 1.165) is 16.4 Å². The van der Waals surface area contributed by atoms with Crippen molar-refractivity contribution in [1.29, 1.82) is 5.26 Å². The van der Waals surface area contributed by atoms with E-state index in [1.54, 1.807) is 24.3 Å². The summed E-state index contributed by atoms with van der Waals surface area (Å²) in [7, 11) is -4.03. The SMILES string of the molecule is C=CCN(Cc1cccc(C#N)c1)S(=O)(=O)c1cc(F)ccc1Cl. The van der Waals surface area contributed by atoms with Crippen LogP contribution in [0.5, 0.6) is 0 Å². The first-order valence-corrected chi connectivity index (χ1v) is 8.75. The Labute approximate surface area is 145 Å². The molecule has 0 aromatic heterocycles. The molecule has 0 fully saturated rings. The fraction of sp³-hybridized carbons (Fsp3) is 0.118. The molecular formula is C17H14ClFN2O2S. The van der Waals surface area contributed by atoms with Gasteiger partial charge < -0.3 is 0 Å². The number of nitrogens with zero attached hydrogens (tertiary/aromatic N) is 2. The third kappa shape index (κ3) is 4.01. The molecule has 0 unspecified atom stereocenters. The van der Waals surface area contributed by atoms with E-state index in [-0.39, 0.29) is 23.0 Å². The minimum absolute atomic E-state index is 0.0106. The van der Waals surface area contributed by atoms with Gasteiger partial charge in [-0.1, -0.05) is 29.8 Å². The quantitative estimate of drug-likeness (QED) is 0.734. The highest BCUT2D eigenvalue weighted by atomic mass is 35.5. The summed E-state index contributed by atoms with van der Waals surface area (Å²) in [5.41, 5.74) is 1.05. The van der Waals surface area contributed by atoms with E-state index in [2.05, 4.69) is 6.58 Å². The van der Waals surface area contributed by atoms with Gasteiger partial charge >= 0.3 is 0 Å². The monoisotopic (exact) mass is 364 g/mol. The molecule has 0 saturated heterocycles. The molecule has 0 aliphatic carbocycles. The first-order valence-electron chi connectivity index (χ1n) is 6.93. The zero-order valence-electron chi connectivity index (χ0n) is 12.6. The van der Waals surface area contributed by atoms with Gasteiger partial charge in [0.2, 0.25) is 10.0 Å². The van der Waals surface area contributed by atoms with Crippen LogP contribution in [0.25, 0.3) is 0 Å². The lowest BCUT2D eigenvalue weighted by atomic mass is 10.1. The Hall–Kier alpha value is -2.20. The zero-order valence-corrected chi connectivity index (χ0v) is 14.2. The fourth-order valence-electron chi connectivity index (χ4n) is 2.15. The van der Waals surface area contributed by atoms with E-state index in [1.165, 1.54) is 12.1 Å². The third-order valence-electron chi connectivity index (χ3n) is 3.26. The van der Waals surface area contributed by atoms with Gasteiger partial charge in [0, 0.05) is 13.1 Å². The molecule has 0 bridgehead atoms. The van der Waals surface area contributed by atoms with Crippen molar-refractivity contribution in [2.45, 2.75) is 11.4 Å². The summed E-state index contributed by atoms with van der Waals surface area (Å²) in [4.78, 5) is -0.303. The maximum Gasteiger partial charge on any atom is 0.245 e. The molecule has 2 aromatic rings. The van der Waals surface area contributed by atoms with Crippen molar-refractivity contribution in [3.05, 3.63) is 77.1 Å². The van der Waals surface area contributed by atoms with Crippen molar-refractivity contribution in [1.82, 2.24) is 4.31 Å². The predicted molar refractivity (Wildman–Crippen MR) is 90.4 cm³/mol. The molecule has 124 valence electrons. The van der Waals surface area contributed by atoms with Crippen molar-refractivity contribution < 1.29 is 12.8 Å². The number of hydrogen-bond acceptors (Lipinski definition) is 3. The van der Waals surface area contributed by atoms with Gasteiger partial charge in [0.05, 0.1) is 16.7 Å². The van der Waals surface area contributed by atoms with Gasteiger partial charge in [-0.15, -0.1) is 6.58 Å². The van der Waals surface area contributed by atoms with Gasteiger partial charge in [-0.2, -0.15) is 9.57 Å². The van der Waals surface area contributed by atoms with Crippen molar-refractivity contribution in [3.8, 4) is 6.07 Å². The highest BCUT2D eigenvalue weighted by Gasteiger charge is 2.26. The smallest absolute Gasteiger partial charge is 0.207 e. The summed E-state index contributed by atoms with van der Waals surface area (Å²) < 4.78 is 40.2. The second-order valence-corrected chi connectivity index (χ2v) is 7.29. The van der Waals surface area contributed by atoms with Gasteiger partial charge in [-0.3, -0.25) is 0 Å².